The van der Waals surface area contributed by atoms with Crippen LogP contribution in [0.5, 0.6) is 0 Å². The number of pyridine rings is 1. The third-order valence-corrected chi connectivity index (χ3v) is 4.69. The maximum atomic E-state index is 4.41. The zero-order chi connectivity index (χ0) is 15.2. The van der Waals surface area contributed by atoms with Gasteiger partial charge < -0.3 is 10.2 Å². The molecule has 2 rings (SSSR count). The smallest absolute Gasteiger partial charge is 0.0542 e. The first-order chi connectivity index (χ1) is 10.1. The van der Waals surface area contributed by atoms with Gasteiger partial charge in [-0.15, -0.1) is 0 Å². The van der Waals surface area contributed by atoms with Crippen molar-refractivity contribution < 1.29 is 0 Å². The fourth-order valence-corrected chi connectivity index (χ4v) is 3.03. The second kappa shape index (κ2) is 8.22. The molecule has 5 heteroatoms. The largest absolute Gasteiger partial charge is 0.310 e. The summed E-state index contributed by atoms with van der Waals surface area (Å²) >= 11 is 3.42. The molecule has 1 aromatic rings. The van der Waals surface area contributed by atoms with Crippen molar-refractivity contribution in [3.8, 4) is 0 Å². The number of rotatable bonds is 6. The van der Waals surface area contributed by atoms with Crippen LogP contribution in [0.2, 0.25) is 0 Å². The third-order valence-electron chi connectivity index (χ3n) is 4.22. The van der Waals surface area contributed by atoms with Crippen LogP contribution in [0.25, 0.3) is 0 Å². The number of likely N-dealkylation sites (N-methyl/N-ethyl adjacent to an activating group) is 1. The maximum absolute atomic E-state index is 4.41. The zero-order valence-electron chi connectivity index (χ0n) is 13.3. The lowest BCUT2D eigenvalue weighted by atomic mass is 10.0. The molecule has 21 heavy (non-hydrogen) atoms. The topological polar surface area (TPSA) is 31.4 Å². The quantitative estimate of drug-likeness (QED) is 0.848. The monoisotopic (exact) mass is 354 g/mol. The number of piperazine rings is 1. The highest BCUT2D eigenvalue weighted by Gasteiger charge is 2.24. The molecular formula is C16H27BrN4. The molecule has 1 saturated heterocycles. The molecule has 1 fully saturated rings. The van der Waals surface area contributed by atoms with Crippen LogP contribution in [-0.4, -0.2) is 60.6 Å². The summed E-state index contributed by atoms with van der Waals surface area (Å²) in [6, 6.07) is 4.72. The molecule has 1 aliphatic rings. The molecule has 0 spiro atoms. The lowest BCUT2D eigenvalue weighted by molar-refractivity contribution is 0.0875. The van der Waals surface area contributed by atoms with E-state index in [1.807, 2.05) is 12.3 Å². The van der Waals surface area contributed by atoms with Crippen LogP contribution in [0.3, 0.4) is 0 Å². The van der Waals surface area contributed by atoms with Gasteiger partial charge in [-0.05, 0) is 41.0 Å². The Hall–Kier alpha value is -0.490. The molecule has 0 bridgehead atoms. The zero-order valence-corrected chi connectivity index (χ0v) is 14.9. The first-order valence-corrected chi connectivity index (χ1v) is 8.59. The van der Waals surface area contributed by atoms with Crippen LogP contribution in [0.4, 0.5) is 0 Å². The van der Waals surface area contributed by atoms with Gasteiger partial charge in [0.25, 0.3) is 0 Å². The highest BCUT2D eigenvalue weighted by atomic mass is 79.9. The Morgan fingerprint density at radius 2 is 1.95 bits per heavy atom. The first kappa shape index (κ1) is 16.9. The molecule has 0 radical (unpaired) electrons. The Balaban J connectivity index is 1.81. The Morgan fingerprint density at radius 3 is 2.52 bits per heavy atom. The molecule has 4 nitrogen and oxygen atoms in total. The van der Waals surface area contributed by atoms with E-state index in [0.717, 1.165) is 23.3 Å². The molecule has 1 atom stereocenters. The molecule has 1 aromatic heterocycles. The van der Waals surface area contributed by atoms with Crippen molar-refractivity contribution in [3.63, 3.8) is 0 Å². The minimum absolute atomic E-state index is 0.606. The van der Waals surface area contributed by atoms with E-state index in [1.54, 1.807) is 0 Å². The second-order valence-corrected chi connectivity index (χ2v) is 7.16. The van der Waals surface area contributed by atoms with Crippen LogP contribution in [0.1, 0.15) is 19.5 Å². The lowest BCUT2D eigenvalue weighted by Gasteiger charge is -2.40. The van der Waals surface area contributed by atoms with Gasteiger partial charge >= 0.3 is 0 Å². The summed E-state index contributed by atoms with van der Waals surface area (Å²) in [5.74, 6) is 0.666. The summed E-state index contributed by atoms with van der Waals surface area (Å²) in [6.07, 6.45) is 1.86. The minimum atomic E-state index is 0.606. The highest BCUT2D eigenvalue weighted by molar-refractivity contribution is 9.10. The molecule has 2 heterocycles. The van der Waals surface area contributed by atoms with Crippen molar-refractivity contribution in [2.24, 2.45) is 5.92 Å². The van der Waals surface area contributed by atoms with Crippen molar-refractivity contribution in [1.29, 1.82) is 0 Å². The summed E-state index contributed by atoms with van der Waals surface area (Å²) in [5.41, 5.74) is 1.10. The van der Waals surface area contributed by atoms with Crippen molar-refractivity contribution in [3.05, 3.63) is 28.5 Å². The van der Waals surface area contributed by atoms with Crippen LogP contribution < -0.4 is 5.32 Å². The van der Waals surface area contributed by atoms with Crippen molar-refractivity contribution in [1.82, 2.24) is 20.1 Å². The molecule has 0 aromatic carbocycles. The molecule has 0 amide bonds. The van der Waals surface area contributed by atoms with Crippen molar-refractivity contribution in [2.75, 3.05) is 39.8 Å². The number of hydrogen-bond acceptors (Lipinski definition) is 4. The maximum Gasteiger partial charge on any atom is 0.0542 e. The number of nitrogens with zero attached hydrogens (tertiary/aromatic N) is 3. The lowest BCUT2D eigenvalue weighted by Crippen LogP contribution is -2.53. The summed E-state index contributed by atoms with van der Waals surface area (Å²) in [4.78, 5) is 9.45. The van der Waals surface area contributed by atoms with E-state index in [-0.39, 0.29) is 0 Å². The normalized spacial score (nSPS) is 19.1. The fourth-order valence-electron chi connectivity index (χ4n) is 2.80. The molecule has 1 N–H and O–H groups in total. The Morgan fingerprint density at radius 1 is 1.24 bits per heavy atom. The molecule has 0 aliphatic carbocycles. The van der Waals surface area contributed by atoms with Gasteiger partial charge in [-0.1, -0.05) is 13.8 Å². The van der Waals surface area contributed by atoms with Gasteiger partial charge in [-0.25, -0.2) is 0 Å². The predicted octanol–water partition coefficient (Wildman–Crippen LogP) is 2.21. The van der Waals surface area contributed by atoms with Crippen LogP contribution in [0.15, 0.2) is 22.8 Å². The third kappa shape index (κ3) is 5.33. The van der Waals surface area contributed by atoms with Gasteiger partial charge in [0.2, 0.25) is 0 Å². The van der Waals surface area contributed by atoms with Crippen molar-refractivity contribution >= 4 is 15.9 Å². The van der Waals surface area contributed by atoms with E-state index in [0.29, 0.717) is 12.0 Å². The Labute approximate surface area is 137 Å². The Kier molecular flexibility index (Phi) is 6.61. The second-order valence-electron chi connectivity index (χ2n) is 6.25. The fraction of sp³-hybridized carbons (Fsp3) is 0.688. The summed E-state index contributed by atoms with van der Waals surface area (Å²) in [7, 11) is 2.21. The van der Waals surface area contributed by atoms with Gasteiger partial charge in [0, 0.05) is 56.0 Å². The molecule has 1 aliphatic heterocycles. The van der Waals surface area contributed by atoms with Gasteiger partial charge in [-0.2, -0.15) is 0 Å². The Bertz CT molecular complexity index is 413. The van der Waals surface area contributed by atoms with E-state index in [2.05, 4.69) is 63.0 Å². The van der Waals surface area contributed by atoms with E-state index in [1.165, 1.54) is 26.2 Å². The van der Waals surface area contributed by atoms with Crippen LogP contribution in [-0.2, 0) is 6.54 Å². The molecule has 118 valence electrons. The first-order valence-electron chi connectivity index (χ1n) is 7.80. The van der Waals surface area contributed by atoms with E-state index in [4.69, 9.17) is 0 Å². The van der Waals surface area contributed by atoms with E-state index < -0.39 is 0 Å². The van der Waals surface area contributed by atoms with Crippen molar-refractivity contribution in [2.45, 2.75) is 26.4 Å². The SMILES string of the molecule is CC(C)C(CNCc1ccc(Br)cn1)N1CCN(C)CC1. The number of halogens is 1. The average molecular weight is 355 g/mol. The van der Waals surface area contributed by atoms with Gasteiger partial charge in [0.1, 0.15) is 0 Å². The molecule has 0 saturated carbocycles. The predicted molar refractivity (Wildman–Crippen MR) is 91.3 cm³/mol. The summed E-state index contributed by atoms with van der Waals surface area (Å²) in [6.45, 7) is 11.2. The summed E-state index contributed by atoms with van der Waals surface area (Å²) < 4.78 is 1.03. The van der Waals surface area contributed by atoms with Gasteiger partial charge in [0.05, 0.1) is 5.69 Å². The van der Waals surface area contributed by atoms with Crippen LogP contribution >= 0.6 is 15.9 Å². The van der Waals surface area contributed by atoms with E-state index >= 15 is 0 Å². The number of aromatic nitrogens is 1. The highest BCUT2D eigenvalue weighted by Crippen LogP contribution is 2.13. The van der Waals surface area contributed by atoms with Gasteiger partial charge in [-0.3, -0.25) is 9.88 Å². The summed E-state index contributed by atoms with van der Waals surface area (Å²) in [5, 5.41) is 3.58. The van der Waals surface area contributed by atoms with E-state index in [9.17, 15) is 0 Å². The molecule has 1 unspecified atom stereocenters. The van der Waals surface area contributed by atoms with Crippen LogP contribution in [0, 0.1) is 5.92 Å². The average Bonchev–Trinajstić information content (AvgIpc) is 2.46. The standard InChI is InChI=1S/C16H27BrN4/c1-13(2)16(21-8-6-20(3)7-9-21)12-18-11-15-5-4-14(17)10-19-15/h4-5,10,13,16,18H,6-9,11-12H2,1-3H3. The molecular weight excluding hydrogens is 328 g/mol. The van der Waals surface area contributed by atoms with Gasteiger partial charge in [0.15, 0.2) is 0 Å². The number of nitrogens with one attached hydrogen (secondary N) is 1. The number of hydrogen-bond donors (Lipinski definition) is 1. The minimum Gasteiger partial charge on any atom is -0.310 e.